The van der Waals surface area contributed by atoms with Crippen molar-refractivity contribution in [3.05, 3.63) is 54.1 Å². The maximum absolute atomic E-state index is 13.6. The normalized spacial score (nSPS) is 11.5. The zero-order valence-corrected chi connectivity index (χ0v) is 10.6. The SMILES string of the molecule is O=C(O)c1ccc2c(c1)c1cc(F)ccc1c1nncn21. The van der Waals surface area contributed by atoms with E-state index in [-0.39, 0.29) is 11.4 Å². The van der Waals surface area contributed by atoms with E-state index >= 15 is 0 Å². The highest BCUT2D eigenvalue weighted by molar-refractivity contribution is 6.12. The van der Waals surface area contributed by atoms with Crippen LogP contribution in [-0.4, -0.2) is 25.7 Å². The zero-order valence-electron chi connectivity index (χ0n) is 10.6. The Hall–Kier alpha value is -3.02. The molecule has 0 radical (unpaired) electrons. The third-order valence-corrected chi connectivity index (χ3v) is 3.56. The first kappa shape index (κ1) is 11.8. The van der Waals surface area contributed by atoms with E-state index < -0.39 is 5.97 Å². The number of carboxylic acid groups (broad SMARTS) is 1. The van der Waals surface area contributed by atoms with Gasteiger partial charge in [0.05, 0.1) is 11.1 Å². The van der Waals surface area contributed by atoms with Gasteiger partial charge in [-0.1, -0.05) is 0 Å². The highest BCUT2D eigenvalue weighted by Gasteiger charge is 2.13. The fourth-order valence-corrected chi connectivity index (χ4v) is 2.62. The number of nitrogens with zero attached hydrogens (tertiary/aromatic N) is 3. The Morgan fingerprint density at radius 2 is 1.95 bits per heavy atom. The standard InChI is InChI=1S/C15H8FN3O2/c16-9-2-3-10-11(6-9)12-5-8(15(20)21)1-4-13(12)19-7-17-18-14(10)19/h1-7H,(H,20,21). The van der Waals surface area contributed by atoms with E-state index in [0.717, 1.165) is 10.9 Å². The summed E-state index contributed by atoms with van der Waals surface area (Å²) < 4.78 is 15.4. The van der Waals surface area contributed by atoms with E-state index in [1.807, 2.05) is 0 Å². The first-order chi connectivity index (χ1) is 10.1. The molecule has 0 aliphatic carbocycles. The lowest BCUT2D eigenvalue weighted by Gasteiger charge is -2.08. The van der Waals surface area contributed by atoms with Crippen molar-refractivity contribution in [2.24, 2.45) is 0 Å². The maximum atomic E-state index is 13.6. The van der Waals surface area contributed by atoms with Gasteiger partial charge in [0.25, 0.3) is 0 Å². The van der Waals surface area contributed by atoms with E-state index in [4.69, 9.17) is 5.11 Å². The minimum absolute atomic E-state index is 0.153. The molecule has 6 heteroatoms. The summed E-state index contributed by atoms with van der Waals surface area (Å²) in [5.74, 6) is -1.40. The van der Waals surface area contributed by atoms with Crippen molar-refractivity contribution in [3.63, 3.8) is 0 Å². The molecule has 102 valence electrons. The smallest absolute Gasteiger partial charge is 0.335 e. The number of pyridine rings is 1. The van der Waals surface area contributed by atoms with Crippen molar-refractivity contribution in [3.8, 4) is 0 Å². The Morgan fingerprint density at radius 1 is 1.10 bits per heavy atom. The van der Waals surface area contributed by atoms with Crippen LogP contribution in [0.1, 0.15) is 10.4 Å². The second-order valence-corrected chi connectivity index (χ2v) is 4.75. The topological polar surface area (TPSA) is 67.5 Å². The van der Waals surface area contributed by atoms with E-state index in [1.54, 1.807) is 28.9 Å². The molecule has 0 saturated carbocycles. The lowest BCUT2D eigenvalue weighted by atomic mass is 10.0. The summed E-state index contributed by atoms with van der Waals surface area (Å²) in [6.45, 7) is 0. The first-order valence-corrected chi connectivity index (χ1v) is 6.23. The maximum Gasteiger partial charge on any atom is 0.335 e. The number of benzene rings is 2. The van der Waals surface area contributed by atoms with Gasteiger partial charge in [-0.15, -0.1) is 10.2 Å². The van der Waals surface area contributed by atoms with Crippen LogP contribution in [0, 0.1) is 5.82 Å². The first-order valence-electron chi connectivity index (χ1n) is 6.23. The third kappa shape index (κ3) is 1.59. The van der Waals surface area contributed by atoms with Crippen LogP contribution in [0.2, 0.25) is 0 Å². The molecule has 0 unspecified atom stereocenters. The average molecular weight is 281 g/mol. The number of fused-ring (bicyclic) bond motifs is 6. The average Bonchev–Trinajstić information content (AvgIpc) is 2.96. The zero-order chi connectivity index (χ0) is 14.6. The molecule has 2 aromatic carbocycles. The molecule has 0 aliphatic heterocycles. The van der Waals surface area contributed by atoms with Crippen LogP contribution in [0.3, 0.4) is 0 Å². The summed E-state index contributed by atoms with van der Waals surface area (Å²) in [6.07, 6.45) is 1.56. The monoisotopic (exact) mass is 281 g/mol. The van der Waals surface area contributed by atoms with Crippen molar-refractivity contribution in [1.29, 1.82) is 0 Å². The molecular weight excluding hydrogens is 273 g/mol. The van der Waals surface area contributed by atoms with Crippen LogP contribution in [0.5, 0.6) is 0 Å². The number of carboxylic acids is 1. The lowest BCUT2D eigenvalue weighted by Crippen LogP contribution is -1.98. The number of carbonyl (C=O) groups is 1. The van der Waals surface area contributed by atoms with Gasteiger partial charge in [0, 0.05) is 10.8 Å². The quantitative estimate of drug-likeness (QED) is 0.545. The van der Waals surface area contributed by atoms with E-state index in [2.05, 4.69) is 10.2 Å². The highest BCUT2D eigenvalue weighted by Crippen LogP contribution is 2.29. The summed E-state index contributed by atoms with van der Waals surface area (Å²) in [7, 11) is 0. The lowest BCUT2D eigenvalue weighted by molar-refractivity contribution is 0.0697. The molecule has 0 spiro atoms. The molecule has 21 heavy (non-hydrogen) atoms. The molecule has 0 saturated heterocycles. The van der Waals surface area contributed by atoms with Gasteiger partial charge in [0.15, 0.2) is 5.65 Å². The number of halogens is 1. The molecule has 0 amide bonds. The van der Waals surface area contributed by atoms with Gasteiger partial charge in [0.2, 0.25) is 0 Å². The van der Waals surface area contributed by atoms with Crippen molar-refractivity contribution < 1.29 is 14.3 Å². The number of hydrogen-bond donors (Lipinski definition) is 1. The Labute approximate surface area is 117 Å². The van der Waals surface area contributed by atoms with Gasteiger partial charge in [-0.25, -0.2) is 9.18 Å². The predicted molar refractivity (Wildman–Crippen MR) is 74.9 cm³/mol. The molecule has 4 rings (SSSR count). The molecule has 0 bridgehead atoms. The third-order valence-electron chi connectivity index (χ3n) is 3.56. The van der Waals surface area contributed by atoms with Crippen molar-refractivity contribution in [2.45, 2.75) is 0 Å². The van der Waals surface area contributed by atoms with Crippen molar-refractivity contribution in [1.82, 2.24) is 14.6 Å². The predicted octanol–water partition coefficient (Wildman–Crippen LogP) is 2.87. The molecule has 2 aromatic heterocycles. The highest BCUT2D eigenvalue weighted by atomic mass is 19.1. The minimum Gasteiger partial charge on any atom is -0.478 e. The molecule has 1 N–H and O–H groups in total. The second kappa shape index (κ2) is 3.99. The van der Waals surface area contributed by atoms with Crippen LogP contribution >= 0.6 is 0 Å². The van der Waals surface area contributed by atoms with Gasteiger partial charge in [-0.05, 0) is 41.8 Å². The van der Waals surface area contributed by atoms with Crippen LogP contribution in [0.4, 0.5) is 4.39 Å². The molecule has 4 aromatic rings. The Kier molecular flexibility index (Phi) is 2.24. The van der Waals surface area contributed by atoms with Crippen LogP contribution in [0.25, 0.3) is 27.3 Å². The van der Waals surface area contributed by atoms with Gasteiger partial charge in [-0.2, -0.15) is 0 Å². The van der Waals surface area contributed by atoms with E-state index in [0.29, 0.717) is 16.4 Å². The summed E-state index contributed by atoms with van der Waals surface area (Å²) >= 11 is 0. The molecule has 0 fully saturated rings. The van der Waals surface area contributed by atoms with Crippen molar-refractivity contribution in [2.75, 3.05) is 0 Å². The molecule has 2 heterocycles. The van der Waals surface area contributed by atoms with E-state index in [1.165, 1.54) is 18.2 Å². The Bertz CT molecular complexity index is 1040. The molecule has 5 nitrogen and oxygen atoms in total. The second-order valence-electron chi connectivity index (χ2n) is 4.75. The Balaban J connectivity index is 2.32. The fraction of sp³-hybridized carbons (Fsp3) is 0. The van der Waals surface area contributed by atoms with Gasteiger partial charge in [0.1, 0.15) is 12.1 Å². The summed E-state index contributed by atoms with van der Waals surface area (Å²) in [4.78, 5) is 11.2. The van der Waals surface area contributed by atoms with Crippen molar-refractivity contribution >= 4 is 33.3 Å². The number of aromatic nitrogens is 3. The van der Waals surface area contributed by atoms with E-state index in [9.17, 15) is 9.18 Å². The number of rotatable bonds is 1. The summed E-state index contributed by atoms with van der Waals surface area (Å²) in [6, 6.07) is 9.09. The Morgan fingerprint density at radius 3 is 2.76 bits per heavy atom. The largest absolute Gasteiger partial charge is 0.478 e. The molecular formula is C15H8FN3O2. The molecule has 0 aliphatic rings. The fourth-order valence-electron chi connectivity index (χ4n) is 2.62. The summed E-state index contributed by atoms with van der Waals surface area (Å²) in [5, 5.41) is 19.1. The van der Waals surface area contributed by atoms with Crippen LogP contribution < -0.4 is 0 Å². The number of hydrogen-bond acceptors (Lipinski definition) is 3. The van der Waals surface area contributed by atoms with Gasteiger partial charge >= 0.3 is 5.97 Å². The van der Waals surface area contributed by atoms with Gasteiger partial charge < -0.3 is 5.11 Å². The minimum atomic E-state index is -1.02. The van der Waals surface area contributed by atoms with Crippen LogP contribution in [0.15, 0.2) is 42.7 Å². The molecule has 0 atom stereocenters. The van der Waals surface area contributed by atoms with Crippen LogP contribution in [-0.2, 0) is 0 Å². The number of aromatic carboxylic acids is 1. The van der Waals surface area contributed by atoms with Gasteiger partial charge in [-0.3, -0.25) is 4.40 Å². The summed E-state index contributed by atoms with van der Waals surface area (Å²) in [5.41, 5.74) is 1.50.